The number of hydrazine groups is 1. The SMILES string of the molecule is CC(=O)N1/C(=C\c2cc(C3NCNN3)c3cc(C(=O)N4CCOCC4)ccc3n2)C(=O)c2ccccc21. The van der Waals surface area contributed by atoms with Crippen molar-refractivity contribution in [3.63, 3.8) is 0 Å². The summed E-state index contributed by atoms with van der Waals surface area (Å²) in [6, 6.07) is 14.4. The molecule has 2 saturated heterocycles. The molecule has 10 nitrogen and oxygen atoms in total. The lowest BCUT2D eigenvalue weighted by Gasteiger charge is -2.27. The van der Waals surface area contributed by atoms with Gasteiger partial charge in [-0.1, -0.05) is 12.1 Å². The van der Waals surface area contributed by atoms with Crippen molar-refractivity contribution in [2.24, 2.45) is 0 Å². The zero-order valence-corrected chi connectivity index (χ0v) is 20.3. The summed E-state index contributed by atoms with van der Waals surface area (Å²) in [7, 11) is 0. The Morgan fingerprint density at radius 3 is 2.68 bits per heavy atom. The second-order valence-electron chi connectivity index (χ2n) is 9.14. The minimum Gasteiger partial charge on any atom is -0.378 e. The Bertz CT molecular complexity index is 1460. The van der Waals surface area contributed by atoms with E-state index in [1.807, 2.05) is 18.2 Å². The maximum absolute atomic E-state index is 13.2. The second kappa shape index (κ2) is 9.49. The lowest BCUT2D eigenvalue weighted by molar-refractivity contribution is -0.116. The number of pyridine rings is 1. The van der Waals surface area contributed by atoms with Crippen LogP contribution < -0.4 is 21.1 Å². The van der Waals surface area contributed by atoms with Crippen molar-refractivity contribution < 1.29 is 19.1 Å². The Morgan fingerprint density at radius 1 is 1.11 bits per heavy atom. The zero-order chi connectivity index (χ0) is 25.5. The molecule has 3 aliphatic rings. The standard InChI is InChI=1S/C27H26N6O4/c1-16(34)33-23-5-3-2-4-19(23)25(35)24(33)14-18-13-21(26-28-15-29-31-26)20-12-17(6-7-22(20)30-18)27(36)32-8-10-37-11-9-32/h2-7,12-14,26,28-29,31H,8-11,15H2,1H3/b24-14-. The quantitative estimate of drug-likeness (QED) is 0.470. The van der Waals surface area contributed by atoms with Crippen LogP contribution in [0.1, 0.15) is 45.1 Å². The average Bonchev–Trinajstić information content (AvgIpc) is 3.55. The number of nitrogens with one attached hydrogen (secondary N) is 3. The van der Waals surface area contributed by atoms with E-state index >= 15 is 0 Å². The summed E-state index contributed by atoms with van der Waals surface area (Å²) < 4.78 is 5.38. The van der Waals surface area contributed by atoms with Gasteiger partial charge in [-0.25, -0.2) is 15.8 Å². The average molecular weight is 499 g/mol. The van der Waals surface area contributed by atoms with Gasteiger partial charge in [-0.05, 0) is 48.0 Å². The largest absolute Gasteiger partial charge is 0.378 e. The molecule has 37 heavy (non-hydrogen) atoms. The van der Waals surface area contributed by atoms with Gasteiger partial charge in [-0.2, -0.15) is 0 Å². The van der Waals surface area contributed by atoms with E-state index in [0.717, 1.165) is 10.9 Å². The van der Waals surface area contributed by atoms with Gasteiger partial charge in [-0.3, -0.25) is 24.6 Å². The highest BCUT2D eigenvalue weighted by molar-refractivity contribution is 6.26. The first-order chi connectivity index (χ1) is 18.0. The molecule has 3 aromatic rings. The molecule has 1 atom stereocenters. The molecule has 3 aliphatic heterocycles. The number of nitrogens with zero attached hydrogens (tertiary/aromatic N) is 3. The Morgan fingerprint density at radius 2 is 1.92 bits per heavy atom. The van der Waals surface area contributed by atoms with Gasteiger partial charge in [-0.15, -0.1) is 0 Å². The van der Waals surface area contributed by atoms with Crippen LogP contribution in [0.25, 0.3) is 17.0 Å². The smallest absolute Gasteiger partial charge is 0.254 e. The number of ketones is 1. The van der Waals surface area contributed by atoms with E-state index in [1.165, 1.54) is 11.8 Å². The molecule has 4 heterocycles. The number of hydrogen-bond donors (Lipinski definition) is 3. The first-order valence-corrected chi connectivity index (χ1v) is 12.2. The van der Waals surface area contributed by atoms with Crippen molar-refractivity contribution in [3.8, 4) is 0 Å². The lowest BCUT2D eigenvalue weighted by Crippen LogP contribution is -2.40. The van der Waals surface area contributed by atoms with Crippen molar-refractivity contribution in [2.45, 2.75) is 13.1 Å². The number of anilines is 1. The van der Waals surface area contributed by atoms with Gasteiger partial charge in [0.2, 0.25) is 11.7 Å². The predicted octanol–water partition coefficient (Wildman–Crippen LogP) is 1.95. The first kappa shape index (κ1) is 23.4. The number of Topliss-reactive ketones (excluding diaryl/α,β-unsaturated/α-hetero) is 1. The van der Waals surface area contributed by atoms with Crippen LogP contribution in [0.5, 0.6) is 0 Å². The number of amides is 2. The third-order valence-electron chi connectivity index (χ3n) is 6.82. The fourth-order valence-electron chi connectivity index (χ4n) is 5.05. The van der Waals surface area contributed by atoms with Crippen molar-refractivity contribution in [3.05, 3.63) is 76.6 Å². The highest BCUT2D eigenvalue weighted by Crippen LogP contribution is 2.36. The summed E-state index contributed by atoms with van der Waals surface area (Å²) in [5.74, 6) is -0.515. The van der Waals surface area contributed by atoms with Crippen LogP contribution in [-0.2, 0) is 9.53 Å². The van der Waals surface area contributed by atoms with Gasteiger partial charge in [0.25, 0.3) is 5.91 Å². The van der Waals surface area contributed by atoms with Gasteiger partial charge in [0, 0.05) is 36.5 Å². The normalized spacial score (nSPS) is 20.6. The Hall–Kier alpha value is -3.96. The highest BCUT2D eigenvalue weighted by Gasteiger charge is 2.34. The summed E-state index contributed by atoms with van der Waals surface area (Å²) in [6.07, 6.45) is 1.42. The summed E-state index contributed by atoms with van der Waals surface area (Å²) in [4.78, 5) is 46.9. The van der Waals surface area contributed by atoms with E-state index in [0.29, 0.717) is 61.0 Å². The fraction of sp³-hybridized carbons (Fsp3) is 0.259. The maximum Gasteiger partial charge on any atom is 0.254 e. The Labute approximate surface area is 213 Å². The number of morpholine rings is 1. The highest BCUT2D eigenvalue weighted by atomic mass is 16.5. The molecule has 0 bridgehead atoms. The third kappa shape index (κ3) is 4.19. The van der Waals surface area contributed by atoms with Crippen LogP contribution in [0.4, 0.5) is 5.69 Å². The molecule has 0 aliphatic carbocycles. The van der Waals surface area contributed by atoms with Crippen molar-refractivity contribution >= 4 is 40.3 Å². The second-order valence-corrected chi connectivity index (χ2v) is 9.14. The molecule has 0 saturated carbocycles. The molecule has 2 amide bonds. The minimum atomic E-state index is -0.250. The lowest BCUT2D eigenvalue weighted by atomic mass is 10.0. The molecule has 3 N–H and O–H groups in total. The Balaban J connectivity index is 1.45. The molecule has 0 radical (unpaired) electrons. The van der Waals surface area contributed by atoms with Crippen molar-refractivity contribution in [2.75, 3.05) is 37.9 Å². The number of benzene rings is 2. The number of carbonyl (C=O) groups is 3. The molecule has 188 valence electrons. The number of allylic oxidation sites excluding steroid dienone is 1. The summed E-state index contributed by atoms with van der Waals surface area (Å²) in [5, 5.41) is 4.15. The fourth-order valence-corrected chi connectivity index (χ4v) is 5.05. The zero-order valence-electron chi connectivity index (χ0n) is 20.3. The van der Waals surface area contributed by atoms with Gasteiger partial charge in [0.1, 0.15) is 0 Å². The van der Waals surface area contributed by atoms with Crippen molar-refractivity contribution in [1.29, 1.82) is 0 Å². The number of ether oxygens (including phenoxy) is 1. The van der Waals surface area contributed by atoms with Crippen LogP contribution in [0.2, 0.25) is 0 Å². The third-order valence-corrected chi connectivity index (χ3v) is 6.82. The molecule has 6 rings (SSSR count). The van der Waals surface area contributed by atoms with Gasteiger partial charge in [0.05, 0.1) is 48.6 Å². The van der Waals surface area contributed by atoms with E-state index in [9.17, 15) is 14.4 Å². The molecule has 1 unspecified atom stereocenters. The number of fused-ring (bicyclic) bond motifs is 2. The molecule has 0 spiro atoms. The predicted molar refractivity (Wildman–Crippen MR) is 137 cm³/mol. The number of rotatable bonds is 3. The van der Waals surface area contributed by atoms with E-state index < -0.39 is 0 Å². The van der Waals surface area contributed by atoms with E-state index in [-0.39, 0.29) is 29.5 Å². The molecular formula is C27H26N6O4. The van der Waals surface area contributed by atoms with Crippen LogP contribution in [0.3, 0.4) is 0 Å². The van der Waals surface area contributed by atoms with Gasteiger partial charge < -0.3 is 9.64 Å². The molecule has 1 aromatic heterocycles. The monoisotopic (exact) mass is 498 g/mol. The van der Waals surface area contributed by atoms with E-state index in [4.69, 9.17) is 9.72 Å². The minimum absolute atomic E-state index is 0.0424. The number of aromatic nitrogens is 1. The molecule has 10 heteroatoms. The molecular weight excluding hydrogens is 472 g/mol. The van der Waals surface area contributed by atoms with E-state index in [1.54, 1.807) is 41.3 Å². The summed E-state index contributed by atoms with van der Waals surface area (Å²) in [5.41, 5.74) is 10.2. The summed E-state index contributed by atoms with van der Waals surface area (Å²) >= 11 is 0. The van der Waals surface area contributed by atoms with Gasteiger partial charge >= 0.3 is 0 Å². The maximum atomic E-state index is 13.2. The molecule has 2 fully saturated rings. The van der Waals surface area contributed by atoms with Crippen LogP contribution in [0, 0.1) is 0 Å². The Kier molecular flexibility index (Phi) is 6.01. The topological polar surface area (TPSA) is 116 Å². The molecule has 2 aromatic carbocycles. The van der Waals surface area contributed by atoms with Gasteiger partial charge in [0.15, 0.2) is 0 Å². The first-order valence-electron chi connectivity index (χ1n) is 12.2. The van der Waals surface area contributed by atoms with Crippen molar-refractivity contribution in [1.82, 2.24) is 26.1 Å². The number of hydrogen-bond acceptors (Lipinski definition) is 8. The number of para-hydroxylation sites is 1. The van der Waals surface area contributed by atoms with Crippen LogP contribution in [-0.4, -0.2) is 60.5 Å². The van der Waals surface area contributed by atoms with Crippen LogP contribution >= 0.6 is 0 Å². The summed E-state index contributed by atoms with van der Waals surface area (Å²) in [6.45, 7) is 4.19. The number of carbonyl (C=O) groups excluding carboxylic acids is 3. The van der Waals surface area contributed by atoms with Crippen LogP contribution in [0.15, 0.2) is 54.2 Å². The van der Waals surface area contributed by atoms with E-state index in [2.05, 4.69) is 16.2 Å².